The maximum Gasteiger partial charge on any atom is 0.266 e. The van der Waals surface area contributed by atoms with Crippen molar-refractivity contribution in [3.8, 4) is 17.2 Å². The monoisotopic (exact) mass is 533 g/mol. The zero-order chi connectivity index (χ0) is 24.4. The number of nitrogens with one attached hydrogen (secondary N) is 2. The van der Waals surface area contributed by atoms with Crippen molar-refractivity contribution in [2.75, 3.05) is 5.32 Å². The van der Waals surface area contributed by atoms with E-state index in [2.05, 4.69) is 15.6 Å². The van der Waals surface area contributed by atoms with Crippen molar-refractivity contribution in [2.45, 2.75) is 20.0 Å². The number of fused-ring (bicyclic) bond motifs is 1. The highest BCUT2D eigenvalue weighted by Gasteiger charge is 2.18. The van der Waals surface area contributed by atoms with Crippen LogP contribution in [0.1, 0.15) is 12.5 Å². The highest BCUT2D eigenvalue weighted by atomic mass is 35.5. The van der Waals surface area contributed by atoms with Gasteiger partial charge in [0.15, 0.2) is 16.8 Å². The van der Waals surface area contributed by atoms with Gasteiger partial charge in [-0.25, -0.2) is 4.98 Å². The van der Waals surface area contributed by atoms with E-state index in [0.717, 1.165) is 11.1 Å². The number of anilines is 1. The number of thiocarbonyl (C=S) groups is 1. The summed E-state index contributed by atoms with van der Waals surface area (Å²) in [6.07, 6.45) is -0.872. The van der Waals surface area contributed by atoms with Crippen LogP contribution in [0, 0.1) is 6.92 Å². The van der Waals surface area contributed by atoms with Gasteiger partial charge in [0.25, 0.3) is 5.91 Å². The molecule has 0 fully saturated rings. The van der Waals surface area contributed by atoms with Gasteiger partial charge in [0, 0.05) is 10.6 Å². The van der Waals surface area contributed by atoms with Gasteiger partial charge in [0.05, 0.1) is 15.7 Å². The summed E-state index contributed by atoms with van der Waals surface area (Å²) in [6, 6.07) is 15.8. The van der Waals surface area contributed by atoms with E-state index in [4.69, 9.17) is 56.2 Å². The number of aromatic nitrogens is 1. The first-order valence-electron chi connectivity index (χ1n) is 10.1. The van der Waals surface area contributed by atoms with E-state index in [0.29, 0.717) is 43.5 Å². The number of carbonyl (C=O) groups is 1. The van der Waals surface area contributed by atoms with Crippen molar-refractivity contribution in [3.05, 3.63) is 75.2 Å². The van der Waals surface area contributed by atoms with Gasteiger partial charge in [-0.15, -0.1) is 0 Å². The zero-order valence-electron chi connectivity index (χ0n) is 18.0. The molecule has 174 valence electrons. The zero-order valence-corrected chi connectivity index (χ0v) is 21.1. The molecule has 0 bridgehead atoms. The van der Waals surface area contributed by atoms with Crippen LogP contribution < -0.4 is 15.4 Å². The van der Waals surface area contributed by atoms with E-state index in [1.807, 2.05) is 25.1 Å². The topological polar surface area (TPSA) is 76.4 Å². The number of halogens is 3. The number of oxazole rings is 1. The minimum absolute atomic E-state index is 0.0508. The van der Waals surface area contributed by atoms with Crippen LogP contribution in [0.5, 0.6) is 5.75 Å². The standard InChI is InChI=1S/C24H18Cl3N3O3S/c1-12-3-7-18-21(9-12)33-23(28-18)14-4-6-16(26)19(10-14)29-24(34)30-22(31)13(2)32-20-8-5-15(25)11-17(20)27/h3-11,13H,1-2H3,(H2,29,30,31,34). The van der Waals surface area contributed by atoms with Crippen LogP contribution in [0.25, 0.3) is 22.6 Å². The molecule has 1 heterocycles. The number of nitrogens with zero attached hydrogens (tertiary/aromatic N) is 1. The van der Waals surface area contributed by atoms with Gasteiger partial charge >= 0.3 is 0 Å². The molecule has 1 atom stereocenters. The molecule has 0 saturated carbocycles. The lowest BCUT2D eigenvalue weighted by atomic mass is 10.2. The minimum Gasteiger partial charge on any atom is -0.479 e. The molecule has 2 N–H and O–H groups in total. The Labute approximate surface area is 216 Å². The highest BCUT2D eigenvalue weighted by Crippen LogP contribution is 2.31. The smallest absolute Gasteiger partial charge is 0.266 e. The Balaban J connectivity index is 1.44. The first-order valence-corrected chi connectivity index (χ1v) is 11.6. The Morgan fingerprint density at radius 2 is 1.85 bits per heavy atom. The third-order valence-electron chi connectivity index (χ3n) is 4.81. The molecule has 6 nitrogen and oxygen atoms in total. The Hall–Kier alpha value is -2.84. The average molecular weight is 535 g/mol. The van der Waals surface area contributed by atoms with Crippen molar-refractivity contribution >= 4 is 74.8 Å². The van der Waals surface area contributed by atoms with Crippen LogP contribution in [-0.4, -0.2) is 22.1 Å². The predicted molar refractivity (Wildman–Crippen MR) is 140 cm³/mol. The maximum atomic E-state index is 12.5. The molecule has 0 radical (unpaired) electrons. The SMILES string of the molecule is Cc1ccc2nc(-c3ccc(Cl)c(NC(=S)NC(=O)C(C)Oc4ccc(Cl)cc4Cl)c3)oc2c1. The fourth-order valence-electron chi connectivity index (χ4n) is 3.09. The molecule has 3 aromatic carbocycles. The Morgan fingerprint density at radius 3 is 2.62 bits per heavy atom. The first kappa shape index (κ1) is 24.3. The summed E-state index contributed by atoms with van der Waals surface area (Å²) in [5, 5.41) is 6.73. The lowest BCUT2D eigenvalue weighted by molar-refractivity contribution is -0.125. The molecule has 0 saturated heterocycles. The molecule has 4 rings (SSSR count). The second-order valence-electron chi connectivity index (χ2n) is 7.46. The van der Waals surface area contributed by atoms with Gasteiger partial charge in [-0.05, 0) is 80.2 Å². The third kappa shape index (κ3) is 5.62. The summed E-state index contributed by atoms with van der Waals surface area (Å²) in [6.45, 7) is 3.56. The van der Waals surface area contributed by atoms with Crippen LogP contribution >= 0.6 is 47.0 Å². The van der Waals surface area contributed by atoms with Crippen molar-refractivity contribution < 1.29 is 13.9 Å². The Kier molecular flexibility index (Phi) is 7.28. The van der Waals surface area contributed by atoms with Crippen LogP contribution in [0.4, 0.5) is 5.69 Å². The average Bonchev–Trinajstić information content (AvgIpc) is 3.20. The number of benzene rings is 3. The second kappa shape index (κ2) is 10.2. The van der Waals surface area contributed by atoms with E-state index in [1.54, 1.807) is 37.3 Å². The maximum absolute atomic E-state index is 12.5. The number of rotatable bonds is 5. The van der Waals surface area contributed by atoms with Crippen LogP contribution in [-0.2, 0) is 4.79 Å². The van der Waals surface area contributed by atoms with E-state index in [9.17, 15) is 4.79 Å². The minimum atomic E-state index is -0.872. The summed E-state index contributed by atoms with van der Waals surface area (Å²) < 4.78 is 11.5. The number of carbonyl (C=O) groups excluding carboxylic acids is 1. The largest absolute Gasteiger partial charge is 0.479 e. The number of aryl methyl sites for hydroxylation is 1. The van der Waals surface area contributed by atoms with Gasteiger partial charge in [0.1, 0.15) is 11.3 Å². The predicted octanol–water partition coefficient (Wildman–Crippen LogP) is 7.04. The lowest BCUT2D eigenvalue weighted by Crippen LogP contribution is -2.42. The second-order valence-corrected chi connectivity index (χ2v) is 9.12. The fourth-order valence-corrected chi connectivity index (χ4v) is 3.92. The molecule has 0 aliphatic heterocycles. The van der Waals surface area contributed by atoms with Crippen LogP contribution in [0.2, 0.25) is 15.1 Å². The summed E-state index contributed by atoms with van der Waals surface area (Å²) in [5.41, 5.74) is 3.70. The summed E-state index contributed by atoms with van der Waals surface area (Å²) in [5.74, 6) is 0.305. The van der Waals surface area contributed by atoms with Gasteiger partial charge < -0.3 is 14.5 Å². The molecular weight excluding hydrogens is 517 g/mol. The lowest BCUT2D eigenvalue weighted by Gasteiger charge is -2.17. The number of hydrogen-bond donors (Lipinski definition) is 2. The third-order valence-corrected chi connectivity index (χ3v) is 5.87. The number of hydrogen-bond acceptors (Lipinski definition) is 5. The van der Waals surface area contributed by atoms with Crippen molar-refractivity contribution in [3.63, 3.8) is 0 Å². The van der Waals surface area contributed by atoms with E-state index in [1.165, 1.54) is 6.07 Å². The quantitative estimate of drug-likeness (QED) is 0.267. The molecule has 4 aromatic rings. The fraction of sp³-hybridized carbons (Fsp3) is 0.125. The molecule has 34 heavy (non-hydrogen) atoms. The van der Waals surface area contributed by atoms with Gasteiger partial charge in [-0.2, -0.15) is 0 Å². The first-order chi connectivity index (χ1) is 16.2. The highest BCUT2D eigenvalue weighted by molar-refractivity contribution is 7.80. The molecule has 1 unspecified atom stereocenters. The molecule has 1 amide bonds. The van der Waals surface area contributed by atoms with E-state index < -0.39 is 12.0 Å². The molecule has 0 aliphatic carbocycles. The van der Waals surface area contributed by atoms with Gasteiger partial charge in [-0.1, -0.05) is 40.9 Å². The van der Waals surface area contributed by atoms with Crippen LogP contribution in [0.15, 0.2) is 59.0 Å². The van der Waals surface area contributed by atoms with Crippen molar-refractivity contribution in [1.29, 1.82) is 0 Å². The Morgan fingerprint density at radius 1 is 1.06 bits per heavy atom. The molecule has 1 aromatic heterocycles. The van der Waals surface area contributed by atoms with Crippen molar-refractivity contribution in [2.24, 2.45) is 0 Å². The van der Waals surface area contributed by atoms with Gasteiger partial charge in [-0.3, -0.25) is 10.1 Å². The van der Waals surface area contributed by atoms with E-state index >= 15 is 0 Å². The summed E-state index contributed by atoms with van der Waals surface area (Å²) >= 11 is 23.6. The van der Waals surface area contributed by atoms with Crippen molar-refractivity contribution in [1.82, 2.24) is 10.3 Å². The molecule has 0 spiro atoms. The normalized spacial score (nSPS) is 11.8. The summed E-state index contributed by atoms with van der Waals surface area (Å²) in [7, 11) is 0. The van der Waals surface area contributed by atoms with Gasteiger partial charge in [0.2, 0.25) is 5.89 Å². The van der Waals surface area contributed by atoms with Crippen LogP contribution in [0.3, 0.4) is 0 Å². The number of ether oxygens (including phenoxy) is 1. The summed E-state index contributed by atoms with van der Waals surface area (Å²) in [4.78, 5) is 17.1. The Bertz CT molecular complexity index is 1410. The number of amides is 1. The molecule has 0 aliphatic rings. The molecular formula is C24H18Cl3N3O3S. The van der Waals surface area contributed by atoms with E-state index in [-0.39, 0.29) is 5.11 Å². The molecule has 10 heteroatoms.